The predicted molar refractivity (Wildman–Crippen MR) is 124 cm³/mol. The summed E-state index contributed by atoms with van der Waals surface area (Å²) in [7, 11) is 0. The van der Waals surface area contributed by atoms with E-state index in [1.165, 1.54) is 37.1 Å². The van der Waals surface area contributed by atoms with E-state index in [4.69, 9.17) is 5.10 Å². The second kappa shape index (κ2) is 9.92. The van der Waals surface area contributed by atoms with Gasteiger partial charge in [0.2, 0.25) is 5.91 Å². The number of hydrogen-bond acceptors (Lipinski definition) is 3. The number of para-hydroxylation sites is 1. The number of nitrogens with zero attached hydrogens (tertiary/aromatic N) is 3. The molecule has 0 unspecified atom stereocenters. The van der Waals surface area contributed by atoms with Gasteiger partial charge in [0.25, 0.3) is 0 Å². The monoisotopic (exact) mass is 416 g/mol. The van der Waals surface area contributed by atoms with Crippen molar-refractivity contribution in [2.24, 2.45) is 0 Å². The molecule has 0 atom stereocenters. The molecule has 0 aliphatic carbocycles. The molecule has 0 bridgehead atoms. The molecule has 4 rings (SSSR count). The molecular formula is C26H32N4O. The highest BCUT2D eigenvalue weighted by molar-refractivity contribution is 5.76. The van der Waals surface area contributed by atoms with Gasteiger partial charge in [-0.3, -0.25) is 9.69 Å². The van der Waals surface area contributed by atoms with Crippen molar-refractivity contribution in [3.63, 3.8) is 0 Å². The highest BCUT2D eigenvalue weighted by Gasteiger charge is 2.16. The van der Waals surface area contributed by atoms with E-state index in [9.17, 15) is 4.79 Å². The average Bonchev–Trinajstić information content (AvgIpc) is 3.40. The Morgan fingerprint density at radius 1 is 0.968 bits per heavy atom. The van der Waals surface area contributed by atoms with E-state index in [1.54, 1.807) is 0 Å². The van der Waals surface area contributed by atoms with Crippen molar-refractivity contribution in [3.8, 4) is 5.69 Å². The Hall–Kier alpha value is -2.92. The number of likely N-dealkylation sites (tertiary alicyclic amines) is 1. The molecular weight excluding hydrogens is 384 g/mol. The normalized spacial score (nSPS) is 14.1. The Labute approximate surface area is 185 Å². The van der Waals surface area contributed by atoms with Gasteiger partial charge < -0.3 is 5.32 Å². The zero-order valence-corrected chi connectivity index (χ0v) is 18.6. The highest BCUT2D eigenvalue weighted by atomic mass is 16.1. The van der Waals surface area contributed by atoms with Crippen LogP contribution in [0.2, 0.25) is 0 Å². The predicted octanol–water partition coefficient (Wildman–Crippen LogP) is 4.33. The fourth-order valence-electron chi connectivity index (χ4n) is 4.44. The average molecular weight is 417 g/mol. The first-order valence-electron chi connectivity index (χ1n) is 11.3. The van der Waals surface area contributed by atoms with Gasteiger partial charge in [0.05, 0.1) is 11.4 Å². The van der Waals surface area contributed by atoms with Crippen LogP contribution in [0.25, 0.3) is 5.69 Å². The first-order valence-corrected chi connectivity index (χ1v) is 11.3. The number of hydrogen-bond donors (Lipinski definition) is 1. The van der Waals surface area contributed by atoms with Gasteiger partial charge >= 0.3 is 0 Å². The second-order valence-electron chi connectivity index (χ2n) is 8.43. The van der Waals surface area contributed by atoms with Crippen LogP contribution >= 0.6 is 0 Å². The van der Waals surface area contributed by atoms with Crippen LogP contribution in [0.4, 0.5) is 0 Å². The van der Waals surface area contributed by atoms with Gasteiger partial charge in [-0.15, -0.1) is 0 Å². The van der Waals surface area contributed by atoms with Gasteiger partial charge in [0.15, 0.2) is 0 Å². The van der Waals surface area contributed by atoms with Crippen LogP contribution in [0.5, 0.6) is 0 Å². The van der Waals surface area contributed by atoms with Crippen molar-refractivity contribution in [1.82, 2.24) is 20.0 Å². The number of benzene rings is 2. The van der Waals surface area contributed by atoms with Crippen molar-refractivity contribution < 1.29 is 4.79 Å². The van der Waals surface area contributed by atoms with E-state index in [0.717, 1.165) is 29.2 Å². The van der Waals surface area contributed by atoms with Crippen LogP contribution in [0.15, 0.2) is 54.6 Å². The topological polar surface area (TPSA) is 50.2 Å². The van der Waals surface area contributed by atoms with Crippen LogP contribution in [0.3, 0.4) is 0 Å². The number of carbonyl (C=O) groups excluding carboxylic acids is 1. The number of nitrogens with one attached hydrogen (secondary N) is 1. The number of amides is 1. The molecule has 1 saturated heterocycles. The van der Waals surface area contributed by atoms with Gasteiger partial charge in [-0.25, -0.2) is 4.68 Å². The van der Waals surface area contributed by atoms with Crippen LogP contribution in [-0.4, -0.2) is 33.7 Å². The van der Waals surface area contributed by atoms with Crippen molar-refractivity contribution in [1.29, 1.82) is 0 Å². The van der Waals surface area contributed by atoms with Gasteiger partial charge in [-0.05, 0) is 75.0 Å². The second-order valence-corrected chi connectivity index (χ2v) is 8.43. The van der Waals surface area contributed by atoms with E-state index in [1.807, 2.05) is 29.8 Å². The van der Waals surface area contributed by atoms with Crippen LogP contribution < -0.4 is 5.32 Å². The highest BCUT2D eigenvalue weighted by Crippen LogP contribution is 2.20. The SMILES string of the molecule is Cc1nn(-c2ccccc2)c(C)c1CCC(=O)NCc1ccccc1CN1CCCC1. The van der Waals surface area contributed by atoms with E-state index >= 15 is 0 Å². The van der Waals surface area contributed by atoms with Crippen molar-refractivity contribution in [3.05, 3.63) is 82.7 Å². The summed E-state index contributed by atoms with van der Waals surface area (Å²) in [5.74, 6) is 0.0854. The van der Waals surface area contributed by atoms with E-state index in [2.05, 4.69) is 53.5 Å². The number of aryl methyl sites for hydroxylation is 1. The van der Waals surface area contributed by atoms with Gasteiger partial charge in [-0.2, -0.15) is 5.10 Å². The van der Waals surface area contributed by atoms with Gasteiger partial charge in [0.1, 0.15) is 0 Å². The molecule has 0 spiro atoms. The molecule has 1 aliphatic heterocycles. The van der Waals surface area contributed by atoms with Crippen LogP contribution in [0.1, 0.15) is 47.3 Å². The molecule has 1 amide bonds. The molecule has 3 aromatic rings. The maximum atomic E-state index is 12.6. The first-order chi connectivity index (χ1) is 15.1. The van der Waals surface area contributed by atoms with Gasteiger partial charge in [0, 0.05) is 25.2 Å². The maximum absolute atomic E-state index is 12.6. The molecule has 2 heterocycles. The zero-order valence-electron chi connectivity index (χ0n) is 18.6. The summed E-state index contributed by atoms with van der Waals surface area (Å²) in [5.41, 5.74) is 6.84. The van der Waals surface area contributed by atoms with Gasteiger partial charge in [-0.1, -0.05) is 42.5 Å². The molecule has 0 saturated carbocycles. The summed E-state index contributed by atoms with van der Waals surface area (Å²) >= 11 is 0. The lowest BCUT2D eigenvalue weighted by atomic mass is 10.1. The lowest BCUT2D eigenvalue weighted by Gasteiger charge is -2.17. The molecule has 1 aliphatic rings. The van der Waals surface area contributed by atoms with E-state index in [0.29, 0.717) is 19.4 Å². The fourth-order valence-corrected chi connectivity index (χ4v) is 4.44. The van der Waals surface area contributed by atoms with Crippen molar-refractivity contribution in [2.45, 2.75) is 52.6 Å². The molecule has 5 nitrogen and oxygen atoms in total. The first kappa shape index (κ1) is 21.3. The van der Waals surface area contributed by atoms with Crippen LogP contribution in [0, 0.1) is 13.8 Å². The quantitative estimate of drug-likeness (QED) is 0.594. The minimum atomic E-state index is 0.0854. The third kappa shape index (κ3) is 5.23. The summed E-state index contributed by atoms with van der Waals surface area (Å²) in [6.45, 7) is 8.02. The smallest absolute Gasteiger partial charge is 0.220 e. The standard InChI is InChI=1S/C26H32N4O/c1-20-25(21(2)30(28-20)24-12-4-3-5-13-24)14-15-26(31)27-18-22-10-6-7-11-23(22)19-29-16-8-9-17-29/h3-7,10-13H,8-9,14-19H2,1-2H3,(H,27,31). The lowest BCUT2D eigenvalue weighted by Crippen LogP contribution is -2.25. The molecule has 1 fully saturated rings. The summed E-state index contributed by atoms with van der Waals surface area (Å²) in [4.78, 5) is 15.1. The lowest BCUT2D eigenvalue weighted by molar-refractivity contribution is -0.121. The Morgan fingerprint density at radius 2 is 1.65 bits per heavy atom. The molecule has 2 aromatic carbocycles. The van der Waals surface area contributed by atoms with E-state index in [-0.39, 0.29) is 5.91 Å². The minimum Gasteiger partial charge on any atom is -0.352 e. The minimum absolute atomic E-state index is 0.0854. The maximum Gasteiger partial charge on any atom is 0.220 e. The Bertz CT molecular complexity index is 1020. The Morgan fingerprint density at radius 3 is 2.39 bits per heavy atom. The molecule has 1 aromatic heterocycles. The third-order valence-corrected chi connectivity index (χ3v) is 6.23. The fraction of sp³-hybridized carbons (Fsp3) is 0.385. The van der Waals surface area contributed by atoms with Crippen molar-refractivity contribution >= 4 is 5.91 Å². The number of aromatic nitrogens is 2. The summed E-state index contributed by atoms with van der Waals surface area (Å²) < 4.78 is 1.97. The number of rotatable bonds is 8. The molecule has 162 valence electrons. The molecule has 1 N–H and O–H groups in total. The molecule has 5 heteroatoms. The molecule has 0 radical (unpaired) electrons. The summed E-state index contributed by atoms with van der Waals surface area (Å²) in [6.07, 6.45) is 3.75. The van der Waals surface area contributed by atoms with Crippen LogP contribution in [-0.2, 0) is 24.3 Å². The third-order valence-electron chi connectivity index (χ3n) is 6.23. The molecule has 31 heavy (non-hydrogen) atoms. The number of carbonyl (C=O) groups is 1. The summed E-state index contributed by atoms with van der Waals surface area (Å²) in [6, 6.07) is 18.6. The van der Waals surface area contributed by atoms with E-state index < -0.39 is 0 Å². The Kier molecular flexibility index (Phi) is 6.82. The summed E-state index contributed by atoms with van der Waals surface area (Å²) in [5, 5.41) is 7.82. The van der Waals surface area contributed by atoms with Crippen molar-refractivity contribution in [2.75, 3.05) is 13.1 Å². The zero-order chi connectivity index (χ0) is 21.6. The Balaban J connectivity index is 1.34. The largest absolute Gasteiger partial charge is 0.352 e.